The first-order valence-corrected chi connectivity index (χ1v) is 8.09. The molecule has 0 saturated heterocycles. The number of anilines is 1. The zero-order valence-electron chi connectivity index (χ0n) is 14.1. The van der Waals surface area contributed by atoms with Gasteiger partial charge in [0.2, 0.25) is 0 Å². The van der Waals surface area contributed by atoms with Crippen molar-refractivity contribution in [2.45, 2.75) is 0 Å². The molecule has 0 saturated carbocycles. The van der Waals surface area contributed by atoms with Crippen molar-refractivity contribution in [1.29, 1.82) is 0 Å². The fourth-order valence-corrected chi connectivity index (χ4v) is 3.09. The predicted octanol–water partition coefficient (Wildman–Crippen LogP) is 4.22. The number of carbonyl (C=O) groups is 1. The molecule has 1 N–H and O–H groups in total. The van der Waals surface area contributed by atoms with Crippen LogP contribution in [0.3, 0.4) is 0 Å². The normalized spacial score (nSPS) is 18.1. The van der Waals surface area contributed by atoms with Gasteiger partial charge in [0.15, 0.2) is 0 Å². The molecule has 0 unspecified atom stereocenters. The van der Waals surface area contributed by atoms with Crippen LogP contribution in [0.25, 0.3) is 16.9 Å². The third-order valence-corrected chi connectivity index (χ3v) is 4.49. The standard InChI is InChI=1S/C21H16FNO3/c1-12(25-2)13-3-5-14(6-4-13)15-9-19(26-11-15)20-17-8-7-16(22)10-18(17)23-21(20)24/h3-10H,1,11H2,2H3,(H,23,24)/b20-19+. The van der Waals surface area contributed by atoms with Crippen LogP contribution in [0.2, 0.25) is 0 Å². The summed E-state index contributed by atoms with van der Waals surface area (Å²) >= 11 is 0. The quantitative estimate of drug-likeness (QED) is 0.667. The molecule has 0 aromatic heterocycles. The maximum Gasteiger partial charge on any atom is 0.260 e. The van der Waals surface area contributed by atoms with E-state index in [1.807, 2.05) is 30.3 Å². The molecule has 2 aromatic carbocycles. The minimum atomic E-state index is -0.392. The van der Waals surface area contributed by atoms with Crippen LogP contribution < -0.4 is 5.32 Å². The molecular formula is C21H16FNO3. The van der Waals surface area contributed by atoms with E-state index in [9.17, 15) is 9.18 Å². The summed E-state index contributed by atoms with van der Waals surface area (Å²) in [6.07, 6.45) is 1.85. The number of nitrogens with one attached hydrogen (secondary N) is 1. The molecule has 4 nitrogen and oxygen atoms in total. The Morgan fingerprint density at radius 1 is 1.23 bits per heavy atom. The van der Waals surface area contributed by atoms with Crippen LogP contribution >= 0.6 is 0 Å². The van der Waals surface area contributed by atoms with E-state index in [1.165, 1.54) is 12.1 Å². The highest BCUT2D eigenvalue weighted by molar-refractivity contribution is 6.32. The minimum Gasteiger partial charge on any atom is -0.497 e. The summed E-state index contributed by atoms with van der Waals surface area (Å²) in [5, 5.41) is 2.68. The van der Waals surface area contributed by atoms with Gasteiger partial charge in [-0.2, -0.15) is 0 Å². The molecule has 0 spiro atoms. The van der Waals surface area contributed by atoms with E-state index in [0.717, 1.165) is 16.7 Å². The van der Waals surface area contributed by atoms with E-state index in [2.05, 4.69) is 11.9 Å². The summed E-state index contributed by atoms with van der Waals surface area (Å²) < 4.78 is 24.2. The molecule has 5 heteroatoms. The number of hydrogen-bond donors (Lipinski definition) is 1. The lowest BCUT2D eigenvalue weighted by atomic mass is 10.0. The average Bonchev–Trinajstić information content (AvgIpc) is 3.24. The fraction of sp³-hybridized carbons (Fsp3) is 0.0952. The van der Waals surface area contributed by atoms with Gasteiger partial charge in [0.1, 0.15) is 23.9 Å². The van der Waals surface area contributed by atoms with E-state index in [0.29, 0.717) is 34.9 Å². The maximum absolute atomic E-state index is 13.4. The molecule has 2 heterocycles. The van der Waals surface area contributed by atoms with Crippen molar-refractivity contribution in [3.63, 3.8) is 0 Å². The van der Waals surface area contributed by atoms with Gasteiger partial charge in [-0.05, 0) is 29.8 Å². The van der Waals surface area contributed by atoms with Crippen molar-refractivity contribution in [2.75, 3.05) is 19.0 Å². The van der Waals surface area contributed by atoms with E-state index in [-0.39, 0.29) is 5.91 Å². The van der Waals surface area contributed by atoms with Crippen LogP contribution in [0.1, 0.15) is 16.7 Å². The van der Waals surface area contributed by atoms with Crippen molar-refractivity contribution >= 4 is 28.5 Å². The molecule has 4 rings (SSSR count). The van der Waals surface area contributed by atoms with Gasteiger partial charge in [-0.1, -0.05) is 30.8 Å². The van der Waals surface area contributed by atoms with Gasteiger partial charge in [-0.25, -0.2) is 4.39 Å². The molecule has 2 aliphatic heterocycles. The van der Waals surface area contributed by atoms with Gasteiger partial charge in [-0.3, -0.25) is 4.79 Å². The summed E-state index contributed by atoms with van der Waals surface area (Å²) in [7, 11) is 1.58. The number of carbonyl (C=O) groups excluding carboxylic acids is 1. The summed E-state index contributed by atoms with van der Waals surface area (Å²) in [6, 6.07) is 12.0. The SMILES string of the molecule is C=C(OC)c1ccc(C2=C/C(=C3\C(=O)Nc4cc(F)ccc43)OC2)cc1. The second-order valence-corrected chi connectivity index (χ2v) is 6.05. The lowest BCUT2D eigenvalue weighted by Crippen LogP contribution is -2.05. The Morgan fingerprint density at radius 3 is 2.73 bits per heavy atom. The summed E-state index contributed by atoms with van der Waals surface area (Å²) in [4.78, 5) is 12.3. The van der Waals surface area contributed by atoms with Crippen LogP contribution in [-0.4, -0.2) is 19.6 Å². The first-order chi connectivity index (χ1) is 12.6. The number of amides is 1. The van der Waals surface area contributed by atoms with E-state index < -0.39 is 5.82 Å². The Morgan fingerprint density at radius 2 is 2.00 bits per heavy atom. The second-order valence-electron chi connectivity index (χ2n) is 6.05. The van der Waals surface area contributed by atoms with Crippen molar-refractivity contribution < 1.29 is 18.7 Å². The Kier molecular flexibility index (Phi) is 3.84. The van der Waals surface area contributed by atoms with Gasteiger partial charge in [-0.15, -0.1) is 0 Å². The molecule has 26 heavy (non-hydrogen) atoms. The van der Waals surface area contributed by atoms with Gasteiger partial charge in [0.05, 0.1) is 18.4 Å². The first kappa shape index (κ1) is 16.1. The summed E-state index contributed by atoms with van der Waals surface area (Å²) in [5.41, 5.74) is 4.40. The Bertz CT molecular complexity index is 987. The maximum atomic E-state index is 13.4. The van der Waals surface area contributed by atoms with E-state index >= 15 is 0 Å². The Hall–Kier alpha value is -3.34. The number of fused-ring (bicyclic) bond motifs is 1. The summed E-state index contributed by atoms with van der Waals surface area (Å²) in [6.45, 7) is 4.20. The van der Waals surface area contributed by atoms with Crippen molar-refractivity contribution in [2.24, 2.45) is 0 Å². The van der Waals surface area contributed by atoms with Gasteiger partial charge in [0, 0.05) is 16.7 Å². The zero-order valence-corrected chi connectivity index (χ0v) is 14.1. The third kappa shape index (κ3) is 2.67. The molecule has 1 amide bonds. The van der Waals surface area contributed by atoms with Crippen LogP contribution in [0.4, 0.5) is 10.1 Å². The molecule has 0 bridgehead atoms. The molecule has 0 fully saturated rings. The first-order valence-electron chi connectivity index (χ1n) is 8.09. The number of halogens is 1. The average molecular weight is 349 g/mol. The van der Waals surface area contributed by atoms with E-state index in [4.69, 9.17) is 9.47 Å². The second kappa shape index (κ2) is 6.19. The zero-order chi connectivity index (χ0) is 18.3. The number of rotatable bonds is 3. The van der Waals surface area contributed by atoms with E-state index in [1.54, 1.807) is 13.2 Å². The Labute approximate surface area is 150 Å². The number of benzene rings is 2. The van der Waals surface area contributed by atoms with Gasteiger partial charge < -0.3 is 14.8 Å². The van der Waals surface area contributed by atoms with Crippen molar-refractivity contribution in [1.82, 2.24) is 0 Å². The number of methoxy groups -OCH3 is 1. The molecule has 0 radical (unpaired) electrons. The number of allylic oxidation sites excluding steroid dienone is 1. The largest absolute Gasteiger partial charge is 0.497 e. The molecule has 2 aromatic rings. The van der Waals surface area contributed by atoms with Crippen LogP contribution in [0.15, 0.2) is 60.9 Å². The molecule has 0 atom stereocenters. The topological polar surface area (TPSA) is 47.6 Å². The van der Waals surface area contributed by atoms with Crippen LogP contribution in [0, 0.1) is 5.82 Å². The third-order valence-electron chi connectivity index (χ3n) is 4.49. The van der Waals surface area contributed by atoms with Crippen LogP contribution in [-0.2, 0) is 14.3 Å². The lowest BCUT2D eigenvalue weighted by molar-refractivity contribution is -0.110. The Balaban J connectivity index is 1.69. The van der Waals surface area contributed by atoms with Gasteiger partial charge >= 0.3 is 0 Å². The summed E-state index contributed by atoms with van der Waals surface area (Å²) in [5.74, 6) is 0.414. The monoisotopic (exact) mass is 349 g/mol. The van der Waals surface area contributed by atoms with Crippen LogP contribution in [0.5, 0.6) is 0 Å². The lowest BCUT2D eigenvalue weighted by Gasteiger charge is -2.06. The highest BCUT2D eigenvalue weighted by atomic mass is 19.1. The number of ether oxygens (including phenoxy) is 2. The van der Waals surface area contributed by atoms with Crippen molar-refractivity contribution in [3.8, 4) is 0 Å². The molecule has 130 valence electrons. The molecule has 0 aliphatic carbocycles. The number of hydrogen-bond acceptors (Lipinski definition) is 3. The highest BCUT2D eigenvalue weighted by Crippen LogP contribution is 2.38. The molecule has 2 aliphatic rings. The fourth-order valence-electron chi connectivity index (χ4n) is 3.09. The highest BCUT2D eigenvalue weighted by Gasteiger charge is 2.30. The predicted molar refractivity (Wildman–Crippen MR) is 98.4 cm³/mol. The van der Waals surface area contributed by atoms with Gasteiger partial charge in [0.25, 0.3) is 5.91 Å². The minimum absolute atomic E-state index is 0.287. The molecular weight excluding hydrogens is 333 g/mol. The smallest absolute Gasteiger partial charge is 0.260 e. The van der Waals surface area contributed by atoms with Crippen molar-refractivity contribution in [3.05, 3.63) is 83.4 Å².